The highest BCUT2D eigenvalue weighted by Crippen LogP contribution is 2.21. The van der Waals surface area contributed by atoms with Crippen molar-refractivity contribution in [3.8, 4) is 0 Å². The Hall–Kier alpha value is -0.800. The summed E-state index contributed by atoms with van der Waals surface area (Å²) in [5, 5.41) is 3.27. The molecule has 2 nitrogen and oxygen atoms in total. The predicted molar refractivity (Wildman–Crippen MR) is 58.2 cm³/mol. The second kappa shape index (κ2) is 4.15. The number of benzene rings is 1. The zero-order valence-corrected chi connectivity index (χ0v) is 9.03. The molecular formula is C10H14ClFN2. The average molecular weight is 217 g/mol. The molecule has 3 N–H and O–H groups in total. The SMILES string of the molecule is CC(C)(CN)Nc1ccc(F)c(Cl)c1. The molecule has 0 aliphatic rings. The fourth-order valence-electron chi connectivity index (χ4n) is 1.02. The van der Waals surface area contributed by atoms with Crippen LogP contribution in [-0.4, -0.2) is 12.1 Å². The molecule has 0 aliphatic heterocycles. The highest BCUT2D eigenvalue weighted by atomic mass is 35.5. The van der Waals surface area contributed by atoms with E-state index >= 15 is 0 Å². The molecule has 0 heterocycles. The van der Waals surface area contributed by atoms with Gasteiger partial charge in [-0.3, -0.25) is 0 Å². The standard InChI is InChI=1S/C10H14ClFN2/c1-10(2,6-13)14-7-3-4-9(12)8(11)5-7/h3-5,14H,6,13H2,1-2H3. The quantitative estimate of drug-likeness (QED) is 0.815. The minimum atomic E-state index is -0.414. The van der Waals surface area contributed by atoms with E-state index in [1.54, 1.807) is 12.1 Å². The number of hydrogen-bond donors (Lipinski definition) is 2. The van der Waals surface area contributed by atoms with Crippen molar-refractivity contribution in [1.82, 2.24) is 0 Å². The van der Waals surface area contributed by atoms with Gasteiger partial charge in [0, 0.05) is 17.8 Å². The molecule has 0 saturated heterocycles. The van der Waals surface area contributed by atoms with Crippen molar-refractivity contribution in [1.29, 1.82) is 0 Å². The van der Waals surface area contributed by atoms with Crippen LogP contribution in [0.1, 0.15) is 13.8 Å². The summed E-state index contributed by atoms with van der Waals surface area (Å²) in [5.74, 6) is -0.414. The maximum Gasteiger partial charge on any atom is 0.141 e. The van der Waals surface area contributed by atoms with Gasteiger partial charge in [0.2, 0.25) is 0 Å². The lowest BCUT2D eigenvalue weighted by Crippen LogP contribution is -2.39. The van der Waals surface area contributed by atoms with Crippen molar-refractivity contribution in [3.05, 3.63) is 29.0 Å². The molecule has 0 atom stereocenters. The summed E-state index contributed by atoms with van der Waals surface area (Å²) in [5.41, 5.74) is 6.10. The Bertz CT molecular complexity index is 326. The molecule has 4 heteroatoms. The van der Waals surface area contributed by atoms with Gasteiger partial charge < -0.3 is 11.1 Å². The van der Waals surface area contributed by atoms with Crippen LogP contribution in [0.15, 0.2) is 18.2 Å². The number of halogens is 2. The van der Waals surface area contributed by atoms with Gasteiger partial charge in [0.25, 0.3) is 0 Å². The van der Waals surface area contributed by atoms with Crippen molar-refractivity contribution < 1.29 is 4.39 Å². The third-order valence-corrected chi connectivity index (χ3v) is 2.20. The van der Waals surface area contributed by atoms with Crippen molar-refractivity contribution in [3.63, 3.8) is 0 Å². The normalized spacial score (nSPS) is 11.5. The number of rotatable bonds is 3. The fourth-order valence-corrected chi connectivity index (χ4v) is 1.20. The summed E-state index contributed by atoms with van der Waals surface area (Å²) >= 11 is 5.64. The van der Waals surface area contributed by atoms with Crippen molar-refractivity contribution in [2.75, 3.05) is 11.9 Å². The monoisotopic (exact) mass is 216 g/mol. The number of nitrogens with one attached hydrogen (secondary N) is 1. The lowest BCUT2D eigenvalue weighted by molar-refractivity contribution is 0.579. The topological polar surface area (TPSA) is 38.0 Å². The van der Waals surface area contributed by atoms with E-state index in [9.17, 15) is 4.39 Å². The summed E-state index contributed by atoms with van der Waals surface area (Å²) < 4.78 is 12.8. The first-order chi connectivity index (χ1) is 6.44. The van der Waals surface area contributed by atoms with Gasteiger partial charge in [-0.05, 0) is 32.0 Å². The molecule has 1 rings (SSSR count). The van der Waals surface area contributed by atoms with Crippen molar-refractivity contribution in [2.45, 2.75) is 19.4 Å². The molecule has 0 aliphatic carbocycles. The van der Waals surface area contributed by atoms with Crippen LogP contribution in [0.3, 0.4) is 0 Å². The molecule has 0 spiro atoms. The van der Waals surface area contributed by atoms with Gasteiger partial charge in [0.05, 0.1) is 5.02 Å². The van der Waals surface area contributed by atoms with E-state index in [1.165, 1.54) is 6.07 Å². The third-order valence-electron chi connectivity index (χ3n) is 1.91. The fraction of sp³-hybridized carbons (Fsp3) is 0.400. The lowest BCUT2D eigenvalue weighted by Gasteiger charge is -2.25. The van der Waals surface area contributed by atoms with Gasteiger partial charge in [0.1, 0.15) is 5.82 Å². The van der Waals surface area contributed by atoms with Crippen LogP contribution in [-0.2, 0) is 0 Å². The van der Waals surface area contributed by atoms with E-state index in [2.05, 4.69) is 5.32 Å². The second-order valence-corrected chi connectivity index (χ2v) is 4.25. The van der Waals surface area contributed by atoms with Crippen LogP contribution < -0.4 is 11.1 Å². The molecular weight excluding hydrogens is 203 g/mol. The first kappa shape index (κ1) is 11.3. The Morgan fingerprint density at radius 3 is 2.64 bits per heavy atom. The van der Waals surface area contributed by atoms with Gasteiger partial charge in [0.15, 0.2) is 0 Å². The predicted octanol–water partition coefficient (Wildman–Crippen LogP) is 2.63. The van der Waals surface area contributed by atoms with Gasteiger partial charge in [-0.1, -0.05) is 11.6 Å². The summed E-state index contributed by atoms with van der Waals surface area (Å²) in [7, 11) is 0. The highest BCUT2D eigenvalue weighted by Gasteiger charge is 2.14. The molecule has 0 fully saturated rings. The third kappa shape index (κ3) is 2.86. The van der Waals surface area contributed by atoms with E-state index in [0.717, 1.165) is 5.69 Å². The maximum absolute atomic E-state index is 12.8. The Balaban J connectivity index is 2.83. The van der Waals surface area contributed by atoms with Gasteiger partial charge >= 0.3 is 0 Å². The van der Waals surface area contributed by atoms with Gasteiger partial charge in [-0.25, -0.2) is 4.39 Å². The van der Waals surface area contributed by atoms with E-state index in [-0.39, 0.29) is 10.6 Å². The molecule has 14 heavy (non-hydrogen) atoms. The molecule has 1 aromatic rings. The minimum absolute atomic E-state index is 0.114. The molecule has 0 unspecified atom stereocenters. The minimum Gasteiger partial charge on any atom is -0.379 e. The molecule has 0 radical (unpaired) electrons. The molecule has 78 valence electrons. The summed E-state index contributed by atoms with van der Waals surface area (Å²) in [4.78, 5) is 0. The van der Waals surface area contributed by atoms with Crippen LogP contribution in [0.4, 0.5) is 10.1 Å². The molecule has 0 aromatic heterocycles. The van der Waals surface area contributed by atoms with E-state index in [1.807, 2.05) is 13.8 Å². The number of anilines is 1. The first-order valence-corrected chi connectivity index (χ1v) is 4.76. The Morgan fingerprint density at radius 1 is 1.50 bits per heavy atom. The average Bonchev–Trinajstić information content (AvgIpc) is 2.11. The number of nitrogens with two attached hydrogens (primary N) is 1. The van der Waals surface area contributed by atoms with E-state index in [4.69, 9.17) is 17.3 Å². The molecule has 1 aromatic carbocycles. The van der Waals surface area contributed by atoms with Crippen LogP contribution >= 0.6 is 11.6 Å². The van der Waals surface area contributed by atoms with Crippen LogP contribution in [0.25, 0.3) is 0 Å². The smallest absolute Gasteiger partial charge is 0.141 e. The van der Waals surface area contributed by atoms with Crippen LogP contribution in [0.2, 0.25) is 5.02 Å². The Kier molecular flexibility index (Phi) is 3.34. The van der Waals surface area contributed by atoms with Crippen molar-refractivity contribution >= 4 is 17.3 Å². The molecule has 0 saturated carbocycles. The van der Waals surface area contributed by atoms with Crippen molar-refractivity contribution in [2.24, 2.45) is 5.73 Å². The largest absolute Gasteiger partial charge is 0.379 e. The summed E-state index contributed by atoms with van der Waals surface area (Å²) in [6.45, 7) is 4.41. The Labute approximate surface area is 88.2 Å². The van der Waals surface area contributed by atoms with E-state index in [0.29, 0.717) is 6.54 Å². The Morgan fingerprint density at radius 2 is 2.14 bits per heavy atom. The maximum atomic E-state index is 12.8. The first-order valence-electron chi connectivity index (χ1n) is 4.38. The lowest BCUT2D eigenvalue weighted by atomic mass is 10.1. The van der Waals surface area contributed by atoms with Crippen LogP contribution in [0.5, 0.6) is 0 Å². The molecule has 0 bridgehead atoms. The highest BCUT2D eigenvalue weighted by molar-refractivity contribution is 6.31. The zero-order chi connectivity index (χ0) is 10.8. The molecule has 0 amide bonds. The summed E-state index contributed by atoms with van der Waals surface area (Å²) in [6.07, 6.45) is 0. The summed E-state index contributed by atoms with van der Waals surface area (Å²) in [6, 6.07) is 4.52. The van der Waals surface area contributed by atoms with E-state index < -0.39 is 5.82 Å². The van der Waals surface area contributed by atoms with Gasteiger partial charge in [-0.15, -0.1) is 0 Å². The zero-order valence-electron chi connectivity index (χ0n) is 8.27. The second-order valence-electron chi connectivity index (χ2n) is 3.84. The van der Waals surface area contributed by atoms with Gasteiger partial charge in [-0.2, -0.15) is 0 Å². The van der Waals surface area contributed by atoms with Crippen LogP contribution in [0, 0.1) is 5.82 Å². The number of hydrogen-bond acceptors (Lipinski definition) is 2.